The Kier molecular flexibility index (Phi) is 5.49. The Morgan fingerprint density at radius 2 is 2.20 bits per heavy atom. The highest BCUT2D eigenvalue weighted by Gasteiger charge is 2.22. The van der Waals surface area contributed by atoms with Gasteiger partial charge in [-0.05, 0) is 44.0 Å². The van der Waals surface area contributed by atoms with E-state index in [9.17, 15) is 4.79 Å². The van der Waals surface area contributed by atoms with Gasteiger partial charge in [0.15, 0.2) is 0 Å². The van der Waals surface area contributed by atoms with Crippen LogP contribution in [0.5, 0.6) is 0 Å². The number of piperazine rings is 1. The summed E-state index contributed by atoms with van der Waals surface area (Å²) in [4.78, 5) is 15.5. The van der Waals surface area contributed by atoms with E-state index in [1.54, 1.807) is 11.8 Å². The lowest BCUT2D eigenvalue weighted by Gasteiger charge is -2.34. The Morgan fingerprint density at radius 3 is 2.90 bits per heavy atom. The average molecular weight is 292 g/mol. The molecule has 0 aliphatic carbocycles. The molecular weight excluding hydrogens is 268 g/mol. The lowest BCUT2D eigenvalue weighted by Crippen LogP contribution is -2.52. The van der Waals surface area contributed by atoms with Gasteiger partial charge < -0.3 is 10.2 Å². The van der Waals surface area contributed by atoms with Crippen molar-refractivity contribution in [2.75, 3.05) is 25.4 Å². The molecule has 0 aromatic heterocycles. The second kappa shape index (κ2) is 7.14. The molecule has 1 saturated heterocycles. The van der Waals surface area contributed by atoms with E-state index in [-0.39, 0.29) is 5.91 Å². The zero-order chi connectivity index (χ0) is 14.5. The van der Waals surface area contributed by atoms with E-state index in [0.29, 0.717) is 12.5 Å². The average Bonchev–Trinajstić information content (AvgIpc) is 2.43. The van der Waals surface area contributed by atoms with Crippen LogP contribution in [0.15, 0.2) is 23.1 Å². The van der Waals surface area contributed by atoms with Crippen LogP contribution in [0.3, 0.4) is 0 Å². The molecule has 0 saturated carbocycles. The third-order valence-corrected chi connectivity index (χ3v) is 4.88. The van der Waals surface area contributed by atoms with Crippen LogP contribution in [0, 0.1) is 13.8 Å². The minimum Gasteiger partial charge on any atom is -0.337 e. The molecule has 1 heterocycles. The molecule has 0 bridgehead atoms. The van der Waals surface area contributed by atoms with Crippen molar-refractivity contribution < 1.29 is 4.79 Å². The van der Waals surface area contributed by atoms with E-state index in [0.717, 1.165) is 25.4 Å². The van der Waals surface area contributed by atoms with Crippen LogP contribution in [0.4, 0.5) is 0 Å². The maximum Gasteiger partial charge on any atom is 0.223 e. The van der Waals surface area contributed by atoms with Gasteiger partial charge in [-0.2, -0.15) is 0 Å². The van der Waals surface area contributed by atoms with Gasteiger partial charge in [-0.3, -0.25) is 4.79 Å². The number of amides is 1. The summed E-state index contributed by atoms with van der Waals surface area (Å²) in [5, 5.41) is 3.31. The van der Waals surface area contributed by atoms with Gasteiger partial charge in [0.1, 0.15) is 0 Å². The number of thioether (sulfide) groups is 1. The molecule has 0 unspecified atom stereocenters. The summed E-state index contributed by atoms with van der Waals surface area (Å²) >= 11 is 1.77. The summed E-state index contributed by atoms with van der Waals surface area (Å²) in [5.41, 5.74) is 2.64. The van der Waals surface area contributed by atoms with Crippen molar-refractivity contribution >= 4 is 17.7 Å². The lowest BCUT2D eigenvalue weighted by molar-refractivity contribution is -0.133. The first-order chi connectivity index (χ1) is 9.58. The number of carbonyl (C=O) groups is 1. The van der Waals surface area contributed by atoms with Gasteiger partial charge in [-0.1, -0.05) is 6.07 Å². The summed E-state index contributed by atoms with van der Waals surface area (Å²) in [7, 11) is 0. The molecule has 1 aromatic rings. The van der Waals surface area contributed by atoms with Gasteiger partial charge in [-0.15, -0.1) is 11.8 Å². The van der Waals surface area contributed by atoms with Crippen molar-refractivity contribution in [1.29, 1.82) is 0 Å². The summed E-state index contributed by atoms with van der Waals surface area (Å²) in [6.45, 7) is 9.04. The highest BCUT2D eigenvalue weighted by molar-refractivity contribution is 7.99. The summed E-state index contributed by atoms with van der Waals surface area (Å²) < 4.78 is 0. The van der Waals surface area contributed by atoms with E-state index in [1.807, 2.05) is 4.90 Å². The quantitative estimate of drug-likeness (QED) is 0.866. The highest BCUT2D eigenvalue weighted by atomic mass is 32.2. The van der Waals surface area contributed by atoms with Crippen molar-refractivity contribution in [3.8, 4) is 0 Å². The fraction of sp³-hybridized carbons (Fsp3) is 0.562. The predicted molar refractivity (Wildman–Crippen MR) is 85.3 cm³/mol. The number of hydrogen-bond donors (Lipinski definition) is 1. The first-order valence-corrected chi connectivity index (χ1v) is 8.26. The van der Waals surface area contributed by atoms with Crippen LogP contribution in [0.25, 0.3) is 0 Å². The highest BCUT2D eigenvalue weighted by Crippen LogP contribution is 2.22. The second-order valence-electron chi connectivity index (χ2n) is 5.48. The molecule has 0 spiro atoms. The molecule has 1 aliphatic rings. The van der Waals surface area contributed by atoms with Crippen molar-refractivity contribution in [3.05, 3.63) is 29.3 Å². The van der Waals surface area contributed by atoms with Gasteiger partial charge >= 0.3 is 0 Å². The molecule has 110 valence electrons. The number of nitrogens with zero attached hydrogens (tertiary/aromatic N) is 1. The third kappa shape index (κ3) is 4.00. The summed E-state index contributed by atoms with van der Waals surface area (Å²) in [6, 6.07) is 6.82. The maximum atomic E-state index is 12.2. The molecule has 1 fully saturated rings. The smallest absolute Gasteiger partial charge is 0.223 e. The van der Waals surface area contributed by atoms with E-state index >= 15 is 0 Å². The molecule has 1 N–H and O–H groups in total. The van der Waals surface area contributed by atoms with Gasteiger partial charge in [0.25, 0.3) is 0 Å². The predicted octanol–water partition coefficient (Wildman–Crippen LogP) is 2.61. The fourth-order valence-electron chi connectivity index (χ4n) is 2.42. The Bertz CT molecular complexity index is 476. The lowest BCUT2D eigenvalue weighted by atomic mass is 10.1. The first-order valence-electron chi connectivity index (χ1n) is 7.28. The normalized spacial score (nSPS) is 19.1. The molecule has 1 atom stereocenters. The molecule has 1 amide bonds. The minimum absolute atomic E-state index is 0.287. The molecule has 2 rings (SSSR count). The Morgan fingerprint density at radius 1 is 1.40 bits per heavy atom. The summed E-state index contributed by atoms with van der Waals surface area (Å²) in [5.74, 6) is 1.15. The standard InChI is InChI=1S/C16H24N2OS/c1-12-4-5-15(10-13(12)2)20-9-6-16(19)18-8-7-17-11-14(18)3/h4-5,10,14,17H,6-9,11H2,1-3H3/t14-/m1/s1. The van der Waals surface area contributed by atoms with Crippen molar-refractivity contribution in [1.82, 2.24) is 10.2 Å². The van der Waals surface area contributed by atoms with Crippen LogP contribution in [-0.4, -0.2) is 42.2 Å². The Balaban J connectivity index is 1.80. The number of carbonyl (C=O) groups excluding carboxylic acids is 1. The molecule has 1 aliphatic heterocycles. The zero-order valence-corrected chi connectivity index (χ0v) is 13.4. The molecule has 4 heteroatoms. The van der Waals surface area contributed by atoms with E-state index in [2.05, 4.69) is 44.3 Å². The largest absolute Gasteiger partial charge is 0.337 e. The zero-order valence-electron chi connectivity index (χ0n) is 12.6. The third-order valence-electron chi connectivity index (χ3n) is 3.88. The molecular formula is C16H24N2OS. The monoisotopic (exact) mass is 292 g/mol. The fourth-order valence-corrected chi connectivity index (χ4v) is 3.35. The minimum atomic E-state index is 0.287. The van der Waals surface area contributed by atoms with E-state index in [1.165, 1.54) is 16.0 Å². The van der Waals surface area contributed by atoms with Crippen LogP contribution in [-0.2, 0) is 4.79 Å². The Labute approximate surface area is 126 Å². The van der Waals surface area contributed by atoms with Crippen LogP contribution in [0.1, 0.15) is 24.5 Å². The van der Waals surface area contributed by atoms with Gasteiger partial charge in [0.05, 0.1) is 0 Å². The molecule has 1 aromatic carbocycles. The van der Waals surface area contributed by atoms with Crippen LogP contribution in [0.2, 0.25) is 0 Å². The number of hydrogen-bond acceptors (Lipinski definition) is 3. The molecule has 20 heavy (non-hydrogen) atoms. The van der Waals surface area contributed by atoms with Gasteiger partial charge in [-0.25, -0.2) is 0 Å². The van der Waals surface area contributed by atoms with Crippen molar-refractivity contribution in [2.24, 2.45) is 0 Å². The van der Waals surface area contributed by atoms with Crippen molar-refractivity contribution in [2.45, 2.75) is 38.1 Å². The van der Waals surface area contributed by atoms with Gasteiger partial charge in [0, 0.05) is 42.7 Å². The maximum absolute atomic E-state index is 12.2. The molecule has 3 nitrogen and oxygen atoms in total. The number of aryl methyl sites for hydroxylation is 2. The second-order valence-corrected chi connectivity index (χ2v) is 6.65. The van der Waals surface area contributed by atoms with E-state index in [4.69, 9.17) is 0 Å². The van der Waals surface area contributed by atoms with Crippen molar-refractivity contribution in [3.63, 3.8) is 0 Å². The number of rotatable bonds is 4. The summed E-state index contributed by atoms with van der Waals surface area (Å²) in [6.07, 6.45) is 0.627. The number of benzene rings is 1. The Hall–Kier alpha value is -1.00. The first kappa shape index (κ1) is 15.4. The molecule has 0 radical (unpaired) electrons. The number of nitrogens with one attached hydrogen (secondary N) is 1. The van der Waals surface area contributed by atoms with E-state index < -0.39 is 0 Å². The van der Waals surface area contributed by atoms with Crippen LogP contribution >= 0.6 is 11.8 Å². The van der Waals surface area contributed by atoms with Crippen LogP contribution < -0.4 is 5.32 Å². The SMILES string of the molecule is Cc1ccc(SCCC(=O)N2CCNC[C@H]2C)cc1C. The van der Waals surface area contributed by atoms with Gasteiger partial charge in [0.2, 0.25) is 5.91 Å². The topological polar surface area (TPSA) is 32.3 Å².